The fourth-order valence-corrected chi connectivity index (χ4v) is 7.25. The highest BCUT2D eigenvalue weighted by molar-refractivity contribution is 6.09. The minimum Gasteiger partial charge on any atom is -0.404 e. The molecule has 3 unspecified atom stereocenters. The molecule has 0 amide bonds. The Kier molecular flexibility index (Phi) is 7.72. The Balaban J connectivity index is 0.00000357. The van der Waals surface area contributed by atoms with Crippen LogP contribution in [0.2, 0.25) is 0 Å². The minimum absolute atomic E-state index is 0. The number of allylic oxidation sites excluding steroid dienone is 3. The average molecular weight is 596 g/mol. The third kappa shape index (κ3) is 5.52. The van der Waals surface area contributed by atoms with Crippen LogP contribution in [0.5, 0.6) is 0 Å². The van der Waals surface area contributed by atoms with Crippen molar-refractivity contribution >= 4 is 29.4 Å². The summed E-state index contributed by atoms with van der Waals surface area (Å²) in [5.41, 5.74) is 15.6. The largest absolute Gasteiger partial charge is 0.404 e. The summed E-state index contributed by atoms with van der Waals surface area (Å²) < 4.78 is 9.38. The van der Waals surface area contributed by atoms with Crippen LogP contribution in [-0.2, 0) is 31.7 Å². The van der Waals surface area contributed by atoms with Gasteiger partial charge in [-0.1, -0.05) is 31.2 Å². The van der Waals surface area contributed by atoms with Crippen molar-refractivity contribution in [2.24, 2.45) is 41.6 Å². The molecule has 44 heavy (non-hydrogen) atoms. The molecule has 7 rings (SSSR count). The van der Waals surface area contributed by atoms with Crippen molar-refractivity contribution in [1.29, 1.82) is 0 Å². The number of morpholine rings is 1. The molecule has 2 fully saturated rings. The molecule has 2 aliphatic carbocycles. The van der Waals surface area contributed by atoms with Crippen LogP contribution in [0, 0.1) is 11.8 Å². The number of aryl methyl sites for hydroxylation is 3. The summed E-state index contributed by atoms with van der Waals surface area (Å²) in [7, 11) is 4.03. The van der Waals surface area contributed by atoms with Crippen molar-refractivity contribution in [3.05, 3.63) is 76.4 Å². The topological polar surface area (TPSA) is 111 Å². The molecule has 1 saturated carbocycles. The molecule has 1 aromatic carbocycles. The molecule has 4 heterocycles. The number of hydrogen-bond donors (Lipinski definition) is 2. The maximum absolute atomic E-state index is 6.09. The monoisotopic (exact) mass is 595 g/mol. The van der Waals surface area contributed by atoms with Gasteiger partial charge in [-0.3, -0.25) is 24.2 Å². The fourth-order valence-electron chi connectivity index (χ4n) is 7.25. The van der Waals surface area contributed by atoms with E-state index in [0.717, 1.165) is 82.0 Å². The summed E-state index contributed by atoms with van der Waals surface area (Å²) >= 11 is 0. The summed E-state index contributed by atoms with van der Waals surface area (Å²) in [6.45, 7) is 7.62. The first-order valence-electron chi connectivity index (χ1n) is 15.9. The summed E-state index contributed by atoms with van der Waals surface area (Å²) in [4.78, 5) is 12.2. The number of nitrogens with one attached hydrogen (secondary N) is 1. The lowest BCUT2D eigenvalue weighted by Gasteiger charge is -2.25. The number of aliphatic imine (C=N–C) groups is 2. The van der Waals surface area contributed by atoms with Crippen LogP contribution in [0.25, 0.3) is 11.1 Å². The molecule has 10 heteroatoms. The molecule has 0 bridgehead atoms. The van der Waals surface area contributed by atoms with E-state index >= 15 is 0 Å². The smallest absolute Gasteiger partial charge is 0.149 e. The quantitative estimate of drug-likeness (QED) is 0.363. The standard InChI is InChI=1S/C34H43N9O.H2/c1-23-28-19-34(28,38-31-9-11-41(2)40-31)37-22-26-7-8-29-33(32(23)26)30(42(3)39-29)18-24-5-4-6-25(17-24)27(20-35)21-36-10-12-43-13-15-44-16-14-43;/h4-6,9,11,17,20-23,28H,7-8,10,12-16,18-19,35H2,1-3H3,(H,38,40);1H/b27-20+,36-21?;. The molecule has 0 radical (unpaired) electrons. The first kappa shape index (κ1) is 28.7. The molecule has 2 aromatic heterocycles. The summed E-state index contributed by atoms with van der Waals surface area (Å²) in [6.07, 6.45) is 11.4. The van der Waals surface area contributed by atoms with Crippen LogP contribution in [0.15, 0.2) is 58.3 Å². The molecule has 10 nitrogen and oxygen atoms in total. The van der Waals surface area contributed by atoms with Crippen molar-refractivity contribution in [2.75, 3.05) is 44.7 Å². The second kappa shape index (κ2) is 11.8. The van der Waals surface area contributed by atoms with Gasteiger partial charge in [0.2, 0.25) is 0 Å². The van der Waals surface area contributed by atoms with Crippen molar-refractivity contribution in [3.63, 3.8) is 0 Å². The van der Waals surface area contributed by atoms with E-state index in [4.69, 9.17) is 25.6 Å². The van der Waals surface area contributed by atoms with Crippen molar-refractivity contribution < 1.29 is 6.16 Å². The zero-order chi connectivity index (χ0) is 30.3. The maximum Gasteiger partial charge on any atom is 0.149 e. The third-order valence-corrected chi connectivity index (χ3v) is 9.73. The highest BCUT2D eigenvalue weighted by Gasteiger charge is 2.59. The van der Waals surface area contributed by atoms with Crippen LogP contribution < -0.4 is 11.1 Å². The van der Waals surface area contributed by atoms with E-state index in [0.29, 0.717) is 11.8 Å². The molecule has 3 aromatic rings. The van der Waals surface area contributed by atoms with Gasteiger partial charge in [0.25, 0.3) is 0 Å². The zero-order valence-electron chi connectivity index (χ0n) is 26.0. The van der Waals surface area contributed by atoms with Gasteiger partial charge < -0.3 is 15.8 Å². The predicted octanol–water partition coefficient (Wildman–Crippen LogP) is 3.94. The number of benzene rings is 1. The SMILES string of the molecule is CC1C2=C(C=NC3(Nc4ccn(C)n4)CC13)CCc1nn(C)c(Cc3cccc(/C(C=NCCN4CCOCC4)=C/N)c3)c12.[HH]. The Morgan fingerprint density at radius 2 is 2.07 bits per heavy atom. The Bertz CT molecular complexity index is 1660. The third-order valence-electron chi connectivity index (χ3n) is 9.73. The molecular weight excluding hydrogens is 550 g/mol. The summed E-state index contributed by atoms with van der Waals surface area (Å²) in [5, 5.41) is 13.3. The second-order valence-electron chi connectivity index (χ2n) is 12.6. The van der Waals surface area contributed by atoms with Crippen molar-refractivity contribution in [1.82, 2.24) is 24.5 Å². The lowest BCUT2D eigenvalue weighted by atomic mass is 9.79. The molecule has 3 N–H and O–H groups in total. The van der Waals surface area contributed by atoms with E-state index in [1.165, 1.54) is 33.7 Å². The maximum atomic E-state index is 6.09. The first-order chi connectivity index (χ1) is 21.4. The van der Waals surface area contributed by atoms with Crippen molar-refractivity contribution in [3.8, 4) is 0 Å². The number of fused-ring (bicyclic) bond motifs is 3. The molecule has 0 spiro atoms. The second-order valence-corrected chi connectivity index (χ2v) is 12.6. The lowest BCUT2D eigenvalue weighted by Crippen LogP contribution is -2.37. The van der Waals surface area contributed by atoms with Crippen LogP contribution in [0.1, 0.15) is 49.3 Å². The Hall–Kier alpha value is -4.02. The molecule has 232 valence electrons. The normalized spacial score (nSPS) is 25.1. The van der Waals surface area contributed by atoms with Crippen LogP contribution in [-0.4, -0.2) is 81.9 Å². The molecule has 3 atom stereocenters. The van der Waals surface area contributed by atoms with E-state index in [1.54, 1.807) is 6.20 Å². The Morgan fingerprint density at radius 3 is 2.86 bits per heavy atom. The first-order valence-corrected chi connectivity index (χ1v) is 15.9. The molecule has 1 saturated heterocycles. The van der Waals surface area contributed by atoms with E-state index in [1.807, 2.05) is 30.2 Å². The van der Waals surface area contributed by atoms with Gasteiger partial charge in [0, 0.05) is 89.5 Å². The summed E-state index contributed by atoms with van der Waals surface area (Å²) in [6, 6.07) is 10.7. The fraction of sp³-hybridized carbons (Fsp3) is 0.471. The Morgan fingerprint density at radius 1 is 1.20 bits per heavy atom. The van der Waals surface area contributed by atoms with Crippen LogP contribution in [0.3, 0.4) is 0 Å². The highest BCUT2D eigenvalue weighted by atomic mass is 16.5. The van der Waals surface area contributed by atoms with Gasteiger partial charge in [0.05, 0.1) is 31.1 Å². The molecular formula is C34H45N9O. The van der Waals surface area contributed by atoms with Gasteiger partial charge in [-0.15, -0.1) is 0 Å². The summed E-state index contributed by atoms with van der Waals surface area (Å²) in [5.74, 6) is 1.66. The minimum atomic E-state index is -0.281. The predicted molar refractivity (Wildman–Crippen MR) is 178 cm³/mol. The molecule has 4 aliphatic rings. The lowest BCUT2D eigenvalue weighted by molar-refractivity contribution is 0.0395. The van der Waals surface area contributed by atoms with Crippen molar-refractivity contribution in [2.45, 2.75) is 38.3 Å². The van der Waals surface area contributed by atoms with Gasteiger partial charge in [-0.2, -0.15) is 10.2 Å². The van der Waals surface area contributed by atoms with Gasteiger partial charge >= 0.3 is 0 Å². The Labute approximate surface area is 260 Å². The van der Waals surface area contributed by atoms with Crippen LogP contribution in [0.4, 0.5) is 5.82 Å². The zero-order valence-corrected chi connectivity index (χ0v) is 26.0. The number of hydrogen-bond acceptors (Lipinski definition) is 8. The van der Waals surface area contributed by atoms with Gasteiger partial charge in [0.1, 0.15) is 11.5 Å². The number of ether oxygens (including phenoxy) is 1. The van der Waals surface area contributed by atoms with E-state index < -0.39 is 0 Å². The number of anilines is 1. The van der Waals surface area contributed by atoms with E-state index in [9.17, 15) is 0 Å². The number of nitrogens with zero attached hydrogens (tertiary/aromatic N) is 7. The van der Waals surface area contributed by atoms with E-state index in [-0.39, 0.29) is 7.09 Å². The average Bonchev–Trinajstić information content (AvgIpc) is 3.48. The number of aromatic nitrogens is 4. The van der Waals surface area contributed by atoms with Crippen LogP contribution >= 0.6 is 0 Å². The highest BCUT2D eigenvalue weighted by Crippen LogP contribution is 2.57. The number of rotatable bonds is 9. The van der Waals surface area contributed by atoms with Gasteiger partial charge in [-0.05, 0) is 47.5 Å². The van der Waals surface area contributed by atoms with Gasteiger partial charge in [-0.25, -0.2) is 0 Å². The van der Waals surface area contributed by atoms with E-state index in [2.05, 4.69) is 64.4 Å². The van der Waals surface area contributed by atoms with Gasteiger partial charge in [0.15, 0.2) is 0 Å². The molecule has 2 aliphatic heterocycles. The number of nitrogens with two attached hydrogens (primary N) is 1.